The Balaban J connectivity index is 2.31. The molecule has 0 saturated carbocycles. The number of thiazole rings is 1. The van der Waals surface area contributed by atoms with Crippen LogP contribution in [0.3, 0.4) is 0 Å². The lowest BCUT2D eigenvalue weighted by molar-refractivity contribution is 0.0636. The molecule has 0 bridgehead atoms. The van der Waals surface area contributed by atoms with Crippen molar-refractivity contribution in [3.8, 4) is 0 Å². The summed E-state index contributed by atoms with van der Waals surface area (Å²) in [6.45, 7) is 5.16. The number of carbonyl (C=O) groups is 1. The van der Waals surface area contributed by atoms with Crippen molar-refractivity contribution in [3.63, 3.8) is 0 Å². The van der Waals surface area contributed by atoms with E-state index in [1.54, 1.807) is 20.8 Å². The van der Waals surface area contributed by atoms with Crippen LogP contribution in [0.15, 0.2) is 10.5 Å². The van der Waals surface area contributed by atoms with E-state index in [0.29, 0.717) is 4.47 Å². The number of anilines is 1. The van der Waals surface area contributed by atoms with E-state index in [1.807, 2.05) is 0 Å². The average molecular weight is 365 g/mol. The normalized spacial score (nSPS) is 11.7. The van der Waals surface area contributed by atoms with Gasteiger partial charge in [-0.1, -0.05) is 11.3 Å². The minimum absolute atomic E-state index is 0.0305. The van der Waals surface area contributed by atoms with Gasteiger partial charge in [0.25, 0.3) is 0 Å². The van der Waals surface area contributed by atoms with Crippen LogP contribution in [-0.2, 0) is 4.74 Å². The van der Waals surface area contributed by atoms with Gasteiger partial charge < -0.3 is 4.74 Å². The molecule has 0 atom stereocenters. The molecule has 0 unspecified atom stereocenters. The Labute approximate surface area is 126 Å². The lowest BCUT2D eigenvalue weighted by Gasteiger charge is -2.18. The van der Waals surface area contributed by atoms with Gasteiger partial charge in [0.2, 0.25) is 0 Å². The van der Waals surface area contributed by atoms with Crippen molar-refractivity contribution in [3.05, 3.63) is 22.2 Å². The maximum Gasteiger partial charge on any atom is 0.413 e. The predicted octanol–water partition coefficient (Wildman–Crippen LogP) is 4.68. The number of aromatic nitrogens is 1. The van der Waals surface area contributed by atoms with Gasteiger partial charge in [-0.25, -0.2) is 18.6 Å². The molecule has 108 valence electrons. The number of hydrogen-bond donors (Lipinski definition) is 1. The number of halogens is 3. The zero-order valence-corrected chi connectivity index (χ0v) is 13.3. The van der Waals surface area contributed by atoms with Crippen LogP contribution in [0.4, 0.5) is 18.7 Å². The molecule has 0 fully saturated rings. The van der Waals surface area contributed by atoms with Crippen molar-refractivity contribution in [1.82, 2.24) is 4.98 Å². The number of amides is 1. The largest absolute Gasteiger partial charge is 0.444 e. The molecule has 0 radical (unpaired) electrons. The highest BCUT2D eigenvalue weighted by Crippen LogP contribution is 2.34. The van der Waals surface area contributed by atoms with Gasteiger partial charge in [-0.3, -0.25) is 5.32 Å². The van der Waals surface area contributed by atoms with Crippen LogP contribution in [0.5, 0.6) is 0 Å². The Morgan fingerprint density at radius 2 is 2.10 bits per heavy atom. The van der Waals surface area contributed by atoms with Crippen molar-refractivity contribution in [2.75, 3.05) is 5.32 Å². The molecule has 1 aromatic carbocycles. The van der Waals surface area contributed by atoms with E-state index in [-0.39, 0.29) is 15.3 Å². The minimum Gasteiger partial charge on any atom is -0.444 e. The Bertz CT molecular complexity index is 682. The SMILES string of the molecule is CC(C)(C)OC(=O)Nc1nc2c(Br)cc(F)c(F)c2s1. The summed E-state index contributed by atoms with van der Waals surface area (Å²) in [5.74, 6) is -1.96. The van der Waals surface area contributed by atoms with Crippen LogP contribution in [0.2, 0.25) is 0 Å². The Hall–Kier alpha value is -1.28. The average Bonchev–Trinajstić information content (AvgIpc) is 2.67. The van der Waals surface area contributed by atoms with Gasteiger partial charge in [0.1, 0.15) is 11.1 Å². The van der Waals surface area contributed by atoms with Crippen LogP contribution in [0.25, 0.3) is 10.2 Å². The summed E-state index contributed by atoms with van der Waals surface area (Å²) in [5, 5.41) is 2.54. The molecule has 2 rings (SSSR count). The Morgan fingerprint density at radius 3 is 2.70 bits per heavy atom. The van der Waals surface area contributed by atoms with Gasteiger partial charge in [0.05, 0.1) is 4.70 Å². The Morgan fingerprint density at radius 1 is 1.45 bits per heavy atom. The Kier molecular flexibility index (Phi) is 3.97. The molecule has 0 spiro atoms. The van der Waals surface area contributed by atoms with E-state index < -0.39 is 23.3 Å². The number of carbonyl (C=O) groups excluding carboxylic acids is 1. The van der Waals surface area contributed by atoms with Gasteiger partial charge in [0, 0.05) is 4.47 Å². The standard InChI is InChI=1S/C12H11BrF2N2O2S/c1-12(2,3)19-11(18)17-10-16-8-5(13)4-6(14)7(15)9(8)20-10/h4H,1-3H3,(H,16,17,18). The topological polar surface area (TPSA) is 51.2 Å². The van der Waals surface area contributed by atoms with Gasteiger partial charge in [0.15, 0.2) is 16.8 Å². The fourth-order valence-corrected chi connectivity index (χ4v) is 2.95. The molecule has 0 saturated heterocycles. The van der Waals surface area contributed by atoms with Gasteiger partial charge in [-0.2, -0.15) is 0 Å². The van der Waals surface area contributed by atoms with E-state index in [1.165, 1.54) is 0 Å². The molecule has 0 aliphatic carbocycles. The second-order valence-electron chi connectivity index (χ2n) is 4.98. The first-order chi connectivity index (χ1) is 9.17. The molecule has 20 heavy (non-hydrogen) atoms. The quantitative estimate of drug-likeness (QED) is 0.747. The van der Waals surface area contributed by atoms with Gasteiger partial charge >= 0.3 is 6.09 Å². The van der Waals surface area contributed by atoms with E-state index in [9.17, 15) is 13.6 Å². The highest BCUT2D eigenvalue weighted by molar-refractivity contribution is 9.10. The van der Waals surface area contributed by atoms with Gasteiger partial charge in [-0.15, -0.1) is 0 Å². The summed E-state index contributed by atoms with van der Waals surface area (Å²) < 4.78 is 32.3. The van der Waals surface area contributed by atoms with E-state index >= 15 is 0 Å². The zero-order chi connectivity index (χ0) is 15.1. The fourth-order valence-electron chi connectivity index (χ4n) is 1.43. The highest BCUT2D eigenvalue weighted by Gasteiger charge is 2.20. The van der Waals surface area contributed by atoms with Crippen molar-refractivity contribution in [1.29, 1.82) is 0 Å². The lowest BCUT2D eigenvalue weighted by Crippen LogP contribution is -2.27. The second kappa shape index (κ2) is 5.25. The maximum atomic E-state index is 13.6. The summed E-state index contributed by atoms with van der Waals surface area (Å²) in [7, 11) is 0. The third kappa shape index (κ3) is 3.24. The first-order valence-corrected chi connectivity index (χ1v) is 7.22. The molecule has 2 aromatic rings. The molecule has 1 amide bonds. The molecule has 8 heteroatoms. The number of fused-ring (bicyclic) bond motifs is 1. The lowest BCUT2D eigenvalue weighted by atomic mass is 10.2. The van der Waals surface area contributed by atoms with Crippen LogP contribution in [-0.4, -0.2) is 16.7 Å². The summed E-state index contributed by atoms with van der Waals surface area (Å²) >= 11 is 3.94. The first kappa shape index (κ1) is 15.1. The smallest absolute Gasteiger partial charge is 0.413 e. The summed E-state index contributed by atoms with van der Waals surface area (Å²) in [4.78, 5) is 15.6. The monoisotopic (exact) mass is 364 g/mol. The first-order valence-electron chi connectivity index (χ1n) is 5.61. The van der Waals surface area contributed by atoms with Crippen molar-refractivity contribution >= 4 is 48.7 Å². The van der Waals surface area contributed by atoms with Gasteiger partial charge in [-0.05, 0) is 42.8 Å². The van der Waals surface area contributed by atoms with E-state index in [2.05, 4.69) is 26.2 Å². The van der Waals surface area contributed by atoms with Crippen molar-refractivity contribution in [2.45, 2.75) is 26.4 Å². The number of nitrogens with zero attached hydrogens (tertiary/aromatic N) is 1. The molecule has 0 aliphatic heterocycles. The molecule has 1 N–H and O–H groups in total. The van der Waals surface area contributed by atoms with Crippen molar-refractivity contribution < 1.29 is 18.3 Å². The van der Waals surface area contributed by atoms with Crippen LogP contribution >= 0.6 is 27.3 Å². The molecule has 1 aromatic heterocycles. The third-order valence-corrected chi connectivity index (χ3v) is 3.69. The molecule has 0 aliphatic rings. The number of benzene rings is 1. The molecule has 4 nitrogen and oxygen atoms in total. The number of rotatable bonds is 1. The van der Waals surface area contributed by atoms with E-state index in [4.69, 9.17) is 4.74 Å². The van der Waals surface area contributed by atoms with Crippen LogP contribution in [0.1, 0.15) is 20.8 Å². The zero-order valence-electron chi connectivity index (χ0n) is 10.9. The number of hydrogen-bond acceptors (Lipinski definition) is 4. The predicted molar refractivity (Wildman–Crippen MR) is 77.1 cm³/mol. The number of nitrogens with one attached hydrogen (secondary N) is 1. The minimum atomic E-state index is -0.988. The van der Waals surface area contributed by atoms with Crippen LogP contribution in [0, 0.1) is 11.6 Å². The second-order valence-corrected chi connectivity index (χ2v) is 6.83. The van der Waals surface area contributed by atoms with Crippen LogP contribution < -0.4 is 5.32 Å². The van der Waals surface area contributed by atoms with E-state index in [0.717, 1.165) is 17.4 Å². The summed E-state index contributed by atoms with van der Waals surface area (Å²) in [5.41, 5.74) is -0.404. The fraction of sp³-hybridized carbons (Fsp3) is 0.333. The highest BCUT2D eigenvalue weighted by atomic mass is 79.9. The molecule has 1 heterocycles. The summed E-state index contributed by atoms with van der Waals surface area (Å²) in [6, 6.07) is 0.995. The molecular weight excluding hydrogens is 354 g/mol. The maximum absolute atomic E-state index is 13.6. The third-order valence-electron chi connectivity index (χ3n) is 2.12. The summed E-state index contributed by atoms with van der Waals surface area (Å²) in [6.07, 6.45) is -0.700. The number of ether oxygens (including phenoxy) is 1. The van der Waals surface area contributed by atoms with Crippen molar-refractivity contribution in [2.24, 2.45) is 0 Å². The molecular formula is C12H11BrF2N2O2S.